The van der Waals surface area contributed by atoms with Crippen molar-refractivity contribution in [3.05, 3.63) is 28.3 Å². The van der Waals surface area contributed by atoms with Gasteiger partial charge in [-0.05, 0) is 74.9 Å². The van der Waals surface area contributed by atoms with Gasteiger partial charge in [0.05, 0.1) is 7.11 Å². The minimum atomic E-state index is 0.768. The number of nitrogens with one attached hydrogen (secondary N) is 1. The lowest BCUT2D eigenvalue weighted by atomic mass is 9.91. The third-order valence-electron chi connectivity index (χ3n) is 3.97. The molecule has 1 aromatic rings. The fourth-order valence-corrected chi connectivity index (χ4v) is 2.81. The fourth-order valence-electron chi connectivity index (χ4n) is 2.81. The smallest absolute Gasteiger partial charge is 0.125 e. The second-order valence-corrected chi connectivity index (χ2v) is 5.21. The third-order valence-corrected chi connectivity index (χ3v) is 3.97. The SMILES string of the molecule is COc1c(C)c(C)cc(C)c1CC1CCNC1. The third kappa shape index (κ3) is 2.47. The van der Waals surface area contributed by atoms with Gasteiger partial charge in [-0.25, -0.2) is 0 Å². The van der Waals surface area contributed by atoms with E-state index in [4.69, 9.17) is 4.74 Å². The zero-order valence-electron chi connectivity index (χ0n) is 11.4. The predicted octanol–water partition coefficient (Wildman–Crippen LogP) is 2.77. The molecule has 1 unspecified atom stereocenters. The highest BCUT2D eigenvalue weighted by Crippen LogP contribution is 2.32. The molecule has 0 amide bonds. The van der Waals surface area contributed by atoms with Gasteiger partial charge in [0.2, 0.25) is 0 Å². The number of hydrogen-bond acceptors (Lipinski definition) is 2. The summed E-state index contributed by atoms with van der Waals surface area (Å²) in [6, 6.07) is 2.29. The van der Waals surface area contributed by atoms with Gasteiger partial charge in [-0.1, -0.05) is 6.07 Å². The molecule has 0 radical (unpaired) electrons. The predicted molar refractivity (Wildman–Crippen MR) is 71.9 cm³/mol. The molecule has 1 aromatic carbocycles. The lowest BCUT2D eigenvalue weighted by molar-refractivity contribution is 0.401. The van der Waals surface area contributed by atoms with Gasteiger partial charge in [0.1, 0.15) is 5.75 Å². The Hall–Kier alpha value is -1.02. The van der Waals surface area contributed by atoms with Crippen molar-refractivity contribution >= 4 is 0 Å². The zero-order chi connectivity index (χ0) is 12.4. The Morgan fingerprint density at radius 2 is 2.06 bits per heavy atom. The molecule has 1 fully saturated rings. The molecule has 94 valence electrons. The summed E-state index contributed by atoms with van der Waals surface area (Å²) in [5.74, 6) is 1.87. The molecule has 1 aliphatic rings. The van der Waals surface area contributed by atoms with Crippen molar-refractivity contribution in [2.24, 2.45) is 5.92 Å². The maximum atomic E-state index is 5.63. The van der Waals surface area contributed by atoms with E-state index in [1.807, 2.05) is 0 Å². The molecule has 1 atom stereocenters. The highest BCUT2D eigenvalue weighted by Gasteiger charge is 2.19. The van der Waals surface area contributed by atoms with Gasteiger partial charge in [-0.15, -0.1) is 0 Å². The minimum absolute atomic E-state index is 0.768. The van der Waals surface area contributed by atoms with Crippen LogP contribution in [0.25, 0.3) is 0 Å². The van der Waals surface area contributed by atoms with Crippen LogP contribution in [0.15, 0.2) is 6.07 Å². The summed E-state index contributed by atoms with van der Waals surface area (Å²) in [5, 5.41) is 3.43. The van der Waals surface area contributed by atoms with Gasteiger partial charge >= 0.3 is 0 Å². The van der Waals surface area contributed by atoms with Crippen LogP contribution >= 0.6 is 0 Å². The number of hydrogen-bond donors (Lipinski definition) is 1. The van der Waals surface area contributed by atoms with Crippen molar-refractivity contribution < 1.29 is 4.74 Å². The Balaban J connectivity index is 2.33. The topological polar surface area (TPSA) is 21.3 Å². The average Bonchev–Trinajstić information content (AvgIpc) is 2.79. The van der Waals surface area contributed by atoms with Gasteiger partial charge in [-0.2, -0.15) is 0 Å². The summed E-state index contributed by atoms with van der Waals surface area (Å²) in [7, 11) is 1.79. The summed E-state index contributed by atoms with van der Waals surface area (Å²) in [6.45, 7) is 8.83. The number of methoxy groups -OCH3 is 1. The number of aryl methyl sites for hydroxylation is 2. The standard InChI is InChI=1S/C15H23NO/c1-10-7-11(2)14(15(17-4)12(10)3)8-13-5-6-16-9-13/h7,13,16H,5-6,8-9H2,1-4H3. The molecule has 0 bridgehead atoms. The van der Waals surface area contributed by atoms with Crippen LogP contribution in [-0.4, -0.2) is 20.2 Å². The van der Waals surface area contributed by atoms with E-state index in [-0.39, 0.29) is 0 Å². The lowest BCUT2D eigenvalue weighted by Gasteiger charge is -2.18. The van der Waals surface area contributed by atoms with Crippen molar-refractivity contribution in [1.82, 2.24) is 5.32 Å². The minimum Gasteiger partial charge on any atom is -0.496 e. The van der Waals surface area contributed by atoms with Gasteiger partial charge in [0.15, 0.2) is 0 Å². The molecule has 0 aliphatic carbocycles. The van der Waals surface area contributed by atoms with E-state index in [2.05, 4.69) is 32.2 Å². The highest BCUT2D eigenvalue weighted by molar-refractivity contribution is 5.49. The van der Waals surface area contributed by atoms with E-state index >= 15 is 0 Å². The Labute approximate surface area is 104 Å². The largest absolute Gasteiger partial charge is 0.496 e. The maximum Gasteiger partial charge on any atom is 0.125 e. The van der Waals surface area contributed by atoms with Crippen LogP contribution < -0.4 is 10.1 Å². The van der Waals surface area contributed by atoms with Crippen molar-refractivity contribution in [2.45, 2.75) is 33.6 Å². The van der Waals surface area contributed by atoms with Crippen LogP contribution in [0.1, 0.15) is 28.7 Å². The molecule has 17 heavy (non-hydrogen) atoms. The molecule has 2 rings (SSSR count). The van der Waals surface area contributed by atoms with E-state index in [1.54, 1.807) is 7.11 Å². The molecule has 2 nitrogen and oxygen atoms in total. The van der Waals surface area contributed by atoms with E-state index in [1.165, 1.54) is 28.7 Å². The first-order chi connectivity index (χ1) is 8.13. The first-order valence-corrected chi connectivity index (χ1v) is 6.48. The molecule has 1 heterocycles. The summed E-state index contributed by atoms with van der Waals surface area (Å²) in [4.78, 5) is 0. The molecule has 1 saturated heterocycles. The van der Waals surface area contributed by atoms with E-state index in [9.17, 15) is 0 Å². The van der Waals surface area contributed by atoms with Crippen LogP contribution in [0.3, 0.4) is 0 Å². The fraction of sp³-hybridized carbons (Fsp3) is 0.600. The summed E-state index contributed by atoms with van der Waals surface area (Å²) in [6.07, 6.45) is 2.43. The van der Waals surface area contributed by atoms with Gasteiger partial charge in [-0.3, -0.25) is 0 Å². The zero-order valence-corrected chi connectivity index (χ0v) is 11.4. The molecule has 2 heteroatoms. The first-order valence-electron chi connectivity index (χ1n) is 6.48. The second kappa shape index (κ2) is 5.09. The van der Waals surface area contributed by atoms with Crippen LogP contribution in [0, 0.1) is 26.7 Å². The summed E-state index contributed by atoms with van der Waals surface area (Å²) < 4.78 is 5.63. The molecule has 0 saturated carbocycles. The average molecular weight is 233 g/mol. The quantitative estimate of drug-likeness (QED) is 0.867. The maximum absolute atomic E-state index is 5.63. The Morgan fingerprint density at radius 1 is 1.29 bits per heavy atom. The molecule has 0 spiro atoms. The Bertz CT molecular complexity index is 406. The molecule has 1 N–H and O–H groups in total. The van der Waals surface area contributed by atoms with Gasteiger partial charge in [0.25, 0.3) is 0 Å². The normalized spacial score (nSPS) is 19.6. The van der Waals surface area contributed by atoms with Crippen LogP contribution in [0.4, 0.5) is 0 Å². The van der Waals surface area contributed by atoms with Gasteiger partial charge < -0.3 is 10.1 Å². The summed E-state index contributed by atoms with van der Waals surface area (Å²) in [5.41, 5.74) is 5.40. The van der Waals surface area contributed by atoms with E-state index in [0.717, 1.165) is 31.2 Å². The molecular weight excluding hydrogens is 210 g/mol. The van der Waals surface area contributed by atoms with Crippen LogP contribution in [0.2, 0.25) is 0 Å². The lowest BCUT2D eigenvalue weighted by Crippen LogP contribution is -2.12. The van der Waals surface area contributed by atoms with E-state index in [0.29, 0.717) is 0 Å². The first kappa shape index (κ1) is 12.4. The number of benzene rings is 1. The molecule has 1 aliphatic heterocycles. The highest BCUT2D eigenvalue weighted by atomic mass is 16.5. The van der Waals surface area contributed by atoms with Gasteiger partial charge in [0, 0.05) is 0 Å². The monoisotopic (exact) mass is 233 g/mol. The van der Waals surface area contributed by atoms with Crippen molar-refractivity contribution in [1.29, 1.82) is 0 Å². The van der Waals surface area contributed by atoms with Crippen LogP contribution in [0.5, 0.6) is 5.75 Å². The summed E-state index contributed by atoms with van der Waals surface area (Å²) >= 11 is 0. The molecular formula is C15H23NO. The second-order valence-electron chi connectivity index (χ2n) is 5.21. The van der Waals surface area contributed by atoms with Crippen molar-refractivity contribution in [3.63, 3.8) is 0 Å². The number of ether oxygens (including phenoxy) is 1. The number of rotatable bonds is 3. The van der Waals surface area contributed by atoms with Crippen molar-refractivity contribution in [2.75, 3.05) is 20.2 Å². The van der Waals surface area contributed by atoms with Crippen LogP contribution in [-0.2, 0) is 6.42 Å². The Morgan fingerprint density at radius 3 is 2.65 bits per heavy atom. The van der Waals surface area contributed by atoms with E-state index < -0.39 is 0 Å². The Kier molecular flexibility index (Phi) is 3.72. The van der Waals surface area contributed by atoms with Crippen molar-refractivity contribution in [3.8, 4) is 5.75 Å². The molecule has 0 aromatic heterocycles.